The Morgan fingerprint density at radius 2 is 1.63 bits per heavy atom. The molecule has 3 heteroatoms. The molecule has 0 amide bonds. The van der Waals surface area contributed by atoms with E-state index in [0.29, 0.717) is 5.57 Å². The number of para-hydroxylation sites is 1. The summed E-state index contributed by atoms with van der Waals surface area (Å²) < 4.78 is 5.89. The Kier molecular flexibility index (Phi) is 4.16. The van der Waals surface area contributed by atoms with Crippen LogP contribution in [0.4, 0.5) is 0 Å². The van der Waals surface area contributed by atoms with Gasteiger partial charge < -0.3 is 9.83 Å². The van der Waals surface area contributed by atoms with Gasteiger partial charge in [-0.25, -0.2) is 0 Å². The zero-order valence-corrected chi connectivity index (χ0v) is 14.6. The summed E-state index contributed by atoms with van der Waals surface area (Å²) in [6.07, 6.45) is 2.65. The summed E-state index contributed by atoms with van der Waals surface area (Å²) in [4.78, 5) is 0. The van der Waals surface area contributed by atoms with Crippen molar-refractivity contribution in [1.82, 2.24) is 0 Å². The molecule has 27 heavy (non-hydrogen) atoms. The first-order chi connectivity index (χ1) is 13.2. The molecule has 0 aliphatic carbocycles. The summed E-state index contributed by atoms with van der Waals surface area (Å²) in [7, 11) is 0. The molecular formula is C24H16N2O. The lowest BCUT2D eigenvalue weighted by Crippen LogP contribution is -1.85. The Morgan fingerprint density at radius 1 is 0.926 bits per heavy atom. The van der Waals surface area contributed by atoms with E-state index in [-0.39, 0.29) is 5.57 Å². The minimum Gasteiger partial charge on any atom is -0.456 e. The zero-order chi connectivity index (χ0) is 18.8. The second-order valence-electron chi connectivity index (χ2n) is 6.27. The fourth-order valence-corrected chi connectivity index (χ4v) is 3.16. The van der Waals surface area contributed by atoms with Crippen molar-refractivity contribution in [1.29, 1.82) is 10.7 Å². The highest BCUT2D eigenvalue weighted by atomic mass is 16.3. The van der Waals surface area contributed by atoms with Crippen LogP contribution in [-0.2, 0) is 0 Å². The molecule has 4 rings (SSSR count). The van der Waals surface area contributed by atoms with E-state index in [9.17, 15) is 0 Å². The maximum absolute atomic E-state index is 8.94. The van der Waals surface area contributed by atoms with Gasteiger partial charge in [0.1, 0.15) is 17.2 Å². The second-order valence-corrected chi connectivity index (χ2v) is 6.27. The van der Waals surface area contributed by atoms with E-state index >= 15 is 0 Å². The van der Waals surface area contributed by atoms with E-state index in [1.54, 1.807) is 6.08 Å². The average molecular weight is 348 g/mol. The van der Waals surface area contributed by atoms with E-state index in [4.69, 9.17) is 15.1 Å². The lowest BCUT2D eigenvalue weighted by Gasteiger charge is -2.05. The van der Waals surface area contributed by atoms with E-state index in [1.165, 1.54) is 0 Å². The highest BCUT2D eigenvalue weighted by Gasteiger charge is 2.08. The van der Waals surface area contributed by atoms with Crippen LogP contribution < -0.4 is 0 Å². The third kappa shape index (κ3) is 3.05. The van der Waals surface area contributed by atoms with Gasteiger partial charge in [-0.15, -0.1) is 0 Å². The Balaban J connectivity index is 1.71. The molecule has 3 aromatic carbocycles. The number of nitrogens with one attached hydrogen (secondary N) is 1. The van der Waals surface area contributed by atoms with Gasteiger partial charge in [-0.2, -0.15) is 5.26 Å². The Hall–Kier alpha value is -3.90. The van der Waals surface area contributed by atoms with E-state index in [1.807, 2.05) is 54.6 Å². The van der Waals surface area contributed by atoms with Crippen molar-refractivity contribution < 1.29 is 4.42 Å². The number of benzene rings is 3. The van der Waals surface area contributed by atoms with Crippen LogP contribution in [0, 0.1) is 16.7 Å². The summed E-state index contributed by atoms with van der Waals surface area (Å²) in [6, 6.07) is 24.2. The van der Waals surface area contributed by atoms with Gasteiger partial charge in [-0.3, -0.25) is 0 Å². The highest BCUT2D eigenvalue weighted by molar-refractivity contribution is 6.06. The van der Waals surface area contributed by atoms with Crippen molar-refractivity contribution in [3.63, 3.8) is 0 Å². The first-order valence-corrected chi connectivity index (χ1v) is 8.53. The van der Waals surface area contributed by atoms with Crippen LogP contribution in [0.15, 0.2) is 89.4 Å². The van der Waals surface area contributed by atoms with Crippen LogP contribution in [-0.4, -0.2) is 6.21 Å². The predicted molar refractivity (Wildman–Crippen MR) is 111 cm³/mol. The molecule has 0 saturated heterocycles. The molecule has 4 aromatic rings. The van der Waals surface area contributed by atoms with E-state index < -0.39 is 0 Å². The van der Waals surface area contributed by atoms with Crippen LogP contribution in [0.1, 0.15) is 5.56 Å². The lowest BCUT2D eigenvalue weighted by molar-refractivity contribution is 0.669. The number of nitrogens with zero attached hydrogens (tertiary/aromatic N) is 1. The third-order valence-corrected chi connectivity index (χ3v) is 4.58. The molecule has 0 spiro atoms. The number of fused-ring (bicyclic) bond motifs is 3. The molecule has 0 unspecified atom stereocenters. The van der Waals surface area contributed by atoms with Gasteiger partial charge in [0.2, 0.25) is 0 Å². The number of hydrogen-bond donors (Lipinski definition) is 1. The third-order valence-electron chi connectivity index (χ3n) is 4.58. The highest BCUT2D eigenvalue weighted by Crippen LogP contribution is 2.32. The molecule has 1 aromatic heterocycles. The minimum atomic E-state index is 0.279. The monoisotopic (exact) mass is 348 g/mol. The normalized spacial score (nSPS) is 11.4. The lowest BCUT2D eigenvalue weighted by atomic mass is 9.99. The first kappa shape index (κ1) is 16.6. The van der Waals surface area contributed by atoms with Crippen molar-refractivity contribution in [3.8, 4) is 17.2 Å². The summed E-state index contributed by atoms with van der Waals surface area (Å²) in [5.41, 5.74) is 5.88. The molecule has 0 bridgehead atoms. The molecule has 1 N–H and O–H groups in total. The standard InChI is InChI=1S/C24H16N2O/c1-16(12-17(14-25)15-26)18-6-8-19(9-7-18)20-10-11-24-22(13-20)21-4-2-3-5-23(21)27-24/h2-14,25H,1H2/b17-12+,25-14?. The maximum Gasteiger partial charge on any atom is 0.135 e. The van der Waals surface area contributed by atoms with Crippen molar-refractivity contribution in [2.45, 2.75) is 0 Å². The molecule has 0 aliphatic heterocycles. The summed E-state index contributed by atoms with van der Waals surface area (Å²) in [5.74, 6) is 0. The quantitative estimate of drug-likeness (QED) is 0.265. The molecular weight excluding hydrogens is 332 g/mol. The van der Waals surface area contributed by atoms with Gasteiger partial charge in [0, 0.05) is 17.0 Å². The van der Waals surface area contributed by atoms with Crippen LogP contribution in [0.3, 0.4) is 0 Å². The van der Waals surface area contributed by atoms with E-state index in [2.05, 4.69) is 24.8 Å². The van der Waals surface area contributed by atoms with Crippen molar-refractivity contribution in [2.24, 2.45) is 0 Å². The molecule has 3 nitrogen and oxygen atoms in total. The fraction of sp³-hybridized carbons (Fsp3) is 0. The van der Waals surface area contributed by atoms with Crippen LogP contribution >= 0.6 is 0 Å². The molecule has 128 valence electrons. The topological polar surface area (TPSA) is 60.8 Å². The largest absolute Gasteiger partial charge is 0.456 e. The second kappa shape index (κ2) is 6.78. The van der Waals surface area contributed by atoms with Crippen LogP contribution in [0.25, 0.3) is 38.6 Å². The van der Waals surface area contributed by atoms with Crippen LogP contribution in [0.2, 0.25) is 0 Å². The molecule has 0 radical (unpaired) electrons. The van der Waals surface area contributed by atoms with Gasteiger partial charge in [0.25, 0.3) is 0 Å². The molecule has 0 aliphatic rings. The van der Waals surface area contributed by atoms with Crippen molar-refractivity contribution >= 4 is 33.7 Å². The number of furan rings is 1. The van der Waals surface area contributed by atoms with Gasteiger partial charge in [-0.05, 0) is 46.5 Å². The van der Waals surface area contributed by atoms with Crippen LogP contribution in [0.5, 0.6) is 0 Å². The Morgan fingerprint density at radius 3 is 2.37 bits per heavy atom. The van der Waals surface area contributed by atoms with E-state index in [0.717, 1.165) is 44.8 Å². The smallest absolute Gasteiger partial charge is 0.135 e. The van der Waals surface area contributed by atoms with Gasteiger partial charge in [-0.1, -0.05) is 55.1 Å². The number of rotatable bonds is 4. The van der Waals surface area contributed by atoms with Gasteiger partial charge in [0.15, 0.2) is 0 Å². The Labute approximate surface area is 157 Å². The molecule has 1 heterocycles. The first-order valence-electron chi connectivity index (χ1n) is 8.53. The number of allylic oxidation sites excluding steroid dienone is 3. The Bertz CT molecular complexity index is 1250. The number of hydrogen-bond acceptors (Lipinski definition) is 3. The summed E-state index contributed by atoms with van der Waals surface area (Å²) in [5, 5.41) is 18.4. The average Bonchev–Trinajstić information content (AvgIpc) is 3.10. The zero-order valence-electron chi connectivity index (χ0n) is 14.6. The maximum atomic E-state index is 8.94. The molecule has 0 fully saturated rings. The van der Waals surface area contributed by atoms with Crippen molar-refractivity contribution in [3.05, 3.63) is 90.5 Å². The molecule has 0 atom stereocenters. The number of nitriles is 1. The van der Waals surface area contributed by atoms with Gasteiger partial charge >= 0.3 is 0 Å². The summed E-state index contributed by atoms with van der Waals surface area (Å²) in [6.45, 7) is 3.99. The fourth-order valence-electron chi connectivity index (χ4n) is 3.16. The van der Waals surface area contributed by atoms with Gasteiger partial charge in [0.05, 0.1) is 5.57 Å². The predicted octanol–water partition coefficient (Wildman–Crippen LogP) is 6.37. The summed E-state index contributed by atoms with van der Waals surface area (Å²) >= 11 is 0. The van der Waals surface area contributed by atoms with Crippen molar-refractivity contribution in [2.75, 3.05) is 0 Å². The minimum absolute atomic E-state index is 0.279. The molecule has 0 saturated carbocycles. The SMILES string of the molecule is C=C(/C=C(/C#N)C=N)c1ccc(-c2ccc3oc4ccccc4c3c2)cc1.